The predicted octanol–water partition coefficient (Wildman–Crippen LogP) is 0.519. The Morgan fingerprint density at radius 1 is 1.45 bits per heavy atom. The van der Waals surface area contributed by atoms with Gasteiger partial charge in [-0.3, -0.25) is 4.57 Å². The summed E-state index contributed by atoms with van der Waals surface area (Å²) in [5, 5.41) is 4.04. The van der Waals surface area contributed by atoms with Gasteiger partial charge in [0.25, 0.3) is 0 Å². The number of aromatic nitrogens is 4. The number of alkyl halides is 1. The Balaban J connectivity index is 1.89. The highest BCUT2D eigenvalue weighted by Crippen LogP contribution is 2.34. The van der Waals surface area contributed by atoms with Crippen LogP contribution in [0, 0.1) is 0 Å². The molecular weight excluding hydrogens is 316 g/mol. The van der Waals surface area contributed by atoms with E-state index in [1.807, 2.05) is 0 Å². The summed E-state index contributed by atoms with van der Waals surface area (Å²) in [6.07, 6.45) is 2.74. The Labute approximate surface area is 125 Å². The van der Waals surface area contributed by atoms with Crippen molar-refractivity contribution in [3.63, 3.8) is 0 Å². The standard InChI is InChI=1S/C11H17FN5O4P/c12-4-9(21-7-22(18,19)20)3-1-2-8-5-14-11-10(13)15-6-16-17(8)11/h5-6,9H,1-4,7H2,(H2,13,15,16)(H2,18,19,20)/t9-/m0/s1. The molecule has 0 unspecified atom stereocenters. The molecule has 4 N–H and O–H groups in total. The summed E-state index contributed by atoms with van der Waals surface area (Å²) in [7, 11) is -4.28. The zero-order valence-electron chi connectivity index (χ0n) is 11.7. The summed E-state index contributed by atoms with van der Waals surface area (Å²) in [6.45, 7) is -0.803. The van der Waals surface area contributed by atoms with E-state index in [9.17, 15) is 8.96 Å². The molecule has 11 heteroatoms. The van der Waals surface area contributed by atoms with Crippen molar-refractivity contribution in [1.29, 1.82) is 0 Å². The summed E-state index contributed by atoms with van der Waals surface area (Å²) in [6, 6.07) is 0. The van der Waals surface area contributed by atoms with Gasteiger partial charge in [0, 0.05) is 0 Å². The molecule has 0 aliphatic heterocycles. The Kier molecular flexibility index (Phi) is 5.41. The van der Waals surface area contributed by atoms with Crippen molar-refractivity contribution >= 4 is 19.1 Å². The Morgan fingerprint density at radius 3 is 2.91 bits per heavy atom. The molecule has 0 aliphatic rings. The third kappa shape index (κ3) is 4.44. The van der Waals surface area contributed by atoms with E-state index in [-0.39, 0.29) is 5.82 Å². The Hall–Kier alpha value is -1.61. The van der Waals surface area contributed by atoms with E-state index in [0.717, 1.165) is 5.69 Å². The molecule has 0 spiro atoms. The molecule has 2 heterocycles. The molecular formula is C11H17FN5O4P. The fraction of sp³-hybridized carbons (Fsp3) is 0.545. The fourth-order valence-electron chi connectivity index (χ4n) is 1.97. The Bertz CT molecular complexity index is 676. The summed E-state index contributed by atoms with van der Waals surface area (Å²) in [5.41, 5.74) is 6.91. The summed E-state index contributed by atoms with van der Waals surface area (Å²) in [5.74, 6) is 0.271. The Morgan fingerprint density at radius 2 is 2.23 bits per heavy atom. The first-order valence-corrected chi connectivity index (χ1v) is 8.35. The third-order valence-electron chi connectivity index (χ3n) is 3.01. The minimum Gasteiger partial charge on any atom is -0.381 e. The van der Waals surface area contributed by atoms with Crippen molar-refractivity contribution in [2.24, 2.45) is 0 Å². The first-order chi connectivity index (χ1) is 10.4. The molecule has 2 aromatic rings. The van der Waals surface area contributed by atoms with Crippen LogP contribution in [-0.4, -0.2) is 48.5 Å². The van der Waals surface area contributed by atoms with Crippen molar-refractivity contribution in [3.05, 3.63) is 18.2 Å². The number of nitrogen functional groups attached to an aromatic ring is 1. The van der Waals surface area contributed by atoms with Crippen LogP contribution in [0.25, 0.3) is 5.65 Å². The number of halogens is 1. The highest BCUT2D eigenvalue weighted by molar-refractivity contribution is 7.51. The van der Waals surface area contributed by atoms with Crippen LogP contribution in [0.3, 0.4) is 0 Å². The van der Waals surface area contributed by atoms with E-state index < -0.39 is 26.7 Å². The van der Waals surface area contributed by atoms with Gasteiger partial charge in [-0.2, -0.15) is 5.10 Å². The maximum atomic E-state index is 12.8. The van der Waals surface area contributed by atoms with Crippen LogP contribution in [0.4, 0.5) is 10.2 Å². The average Bonchev–Trinajstić information content (AvgIpc) is 2.86. The van der Waals surface area contributed by atoms with Gasteiger partial charge < -0.3 is 20.3 Å². The number of aryl methyl sites for hydroxylation is 1. The number of nitrogens with zero attached hydrogens (tertiary/aromatic N) is 4. The van der Waals surface area contributed by atoms with Crippen LogP contribution in [0.2, 0.25) is 0 Å². The highest BCUT2D eigenvalue weighted by atomic mass is 31.2. The van der Waals surface area contributed by atoms with Crippen LogP contribution in [0.15, 0.2) is 12.5 Å². The highest BCUT2D eigenvalue weighted by Gasteiger charge is 2.18. The molecule has 0 saturated carbocycles. The van der Waals surface area contributed by atoms with Gasteiger partial charge in [0.2, 0.25) is 0 Å². The second-order valence-electron chi connectivity index (χ2n) is 4.76. The van der Waals surface area contributed by atoms with Gasteiger partial charge in [-0.05, 0) is 19.3 Å². The molecule has 0 amide bonds. The molecule has 1 atom stereocenters. The maximum Gasteiger partial charge on any atom is 0.350 e. The van der Waals surface area contributed by atoms with Gasteiger partial charge in [-0.1, -0.05) is 0 Å². The van der Waals surface area contributed by atoms with E-state index in [0.29, 0.717) is 24.9 Å². The fourth-order valence-corrected chi connectivity index (χ4v) is 2.38. The van der Waals surface area contributed by atoms with Crippen molar-refractivity contribution in [3.8, 4) is 0 Å². The quantitative estimate of drug-likeness (QED) is 0.595. The minimum atomic E-state index is -4.28. The molecule has 0 radical (unpaired) electrons. The van der Waals surface area contributed by atoms with Crippen LogP contribution in [0.5, 0.6) is 0 Å². The summed E-state index contributed by atoms with van der Waals surface area (Å²) >= 11 is 0. The predicted molar refractivity (Wildman–Crippen MR) is 75.9 cm³/mol. The smallest absolute Gasteiger partial charge is 0.350 e. The third-order valence-corrected chi connectivity index (χ3v) is 3.50. The zero-order chi connectivity index (χ0) is 16.2. The monoisotopic (exact) mass is 333 g/mol. The van der Waals surface area contributed by atoms with E-state index in [2.05, 4.69) is 15.1 Å². The largest absolute Gasteiger partial charge is 0.381 e. The summed E-state index contributed by atoms with van der Waals surface area (Å²) in [4.78, 5) is 25.4. The minimum absolute atomic E-state index is 0.271. The second-order valence-corrected chi connectivity index (χ2v) is 6.35. The lowest BCUT2D eigenvalue weighted by Crippen LogP contribution is -2.16. The molecule has 2 aromatic heterocycles. The van der Waals surface area contributed by atoms with Gasteiger partial charge >= 0.3 is 7.60 Å². The van der Waals surface area contributed by atoms with Gasteiger partial charge in [0.15, 0.2) is 11.5 Å². The molecule has 122 valence electrons. The lowest BCUT2D eigenvalue weighted by molar-refractivity contribution is 0.0486. The number of hydrogen-bond acceptors (Lipinski definition) is 6. The summed E-state index contributed by atoms with van der Waals surface area (Å²) < 4.78 is 29.9. The maximum absolute atomic E-state index is 12.8. The number of rotatable bonds is 8. The molecule has 0 bridgehead atoms. The van der Waals surface area contributed by atoms with Crippen LogP contribution >= 0.6 is 7.60 Å². The number of nitrogens with two attached hydrogens (primary N) is 1. The molecule has 0 aliphatic carbocycles. The van der Waals surface area contributed by atoms with Gasteiger partial charge in [-0.25, -0.2) is 18.9 Å². The molecule has 0 aromatic carbocycles. The second kappa shape index (κ2) is 7.10. The zero-order valence-corrected chi connectivity index (χ0v) is 12.6. The van der Waals surface area contributed by atoms with E-state index in [4.69, 9.17) is 20.3 Å². The van der Waals surface area contributed by atoms with E-state index >= 15 is 0 Å². The number of hydrogen-bond donors (Lipinski definition) is 3. The van der Waals surface area contributed by atoms with Crippen molar-refractivity contribution in [1.82, 2.24) is 19.6 Å². The van der Waals surface area contributed by atoms with Crippen LogP contribution in [0.1, 0.15) is 18.5 Å². The number of ether oxygens (including phenoxy) is 1. The SMILES string of the molecule is Nc1ncnn2c(CCC[C@@H](CF)OCP(=O)(O)O)cnc12. The van der Waals surface area contributed by atoms with Crippen molar-refractivity contribution in [2.75, 3.05) is 18.8 Å². The molecule has 9 nitrogen and oxygen atoms in total. The molecule has 0 saturated heterocycles. The number of imidazole rings is 1. The average molecular weight is 333 g/mol. The first-order valence-electron chi connectivity index (χ1n) is 6.56. The van der Waals surface area contributed by atoms with Crippen molar-refractivity contribution in [2.45, 2.75) is 25.4 Å². The first kappa shape index (κ1) is 16.8. The van der Waals surface area contributed by atoms with Gasteiger partial charge in [0.05, 0.1) is 18.0 Å². The molecule has 0 fully saturated rings. The van der Waals surface area contributed by atoms with Crippen LogP contribution in [-0.2, 0) is 15.7 Å². The molecule has 2 rings (SSSR count). The topological polar surface area (TPSA) is 136 Å². The van der Waals surface area contributed by atoms with Crippen molar-refractivity contribution < 1.29 is 23.5 Å². The van der Waals surface area contributed by atoms with Gasteiger partial charge in [-0.15, -0.1) is 0 Å². The van der Waals surface area contributed by atoms with E-state index in [1.54, 1.807) is 10.7 Å². The van der Waals surface area contributed by atoms with E-state index in [1.165, 1.54) is 6.33 Å². The lowest BCUT2D eigenvalue weighted by atomic mass is 10.1. The molecule has 22 heavy (non-hydrogen) atoms. The van der Waals surface area contributed by atoms with Gasteiger partial charge in [0.1, 0.15) is 19.3 Å². The number of fused-ring (bicyclic) bond motifs is 1. The number of anilines is 1. The lowest BCUT2D eigenvalue weighted by Gasteiger charge is -2.14. The normalized spacial score (nSPS) is 13.6. The van der Waals surface area contributed by atoms with Crippen LogP contribution < -0.4 is 5.73 Å².